The molecule has 0 heterocycles. The van der Waals surface area contributed by atoms with Crippen molar-refractivity contribution in [3.8, 4) is 5.75 Å². The molecule has 0 spiro atoms. The molecule has 26 heavy (non-hydrogen) atoms. The van der Waals surface area contributed by atoms with Crippen LogP contribution in [0.4, 0.5) is 8.78 Å². The number of likely N-dealkylation sites (N-methyl/N-ethyl adjacent to an activating group) is 1. The summed E-state index contributed by atoms with van der Waals surface area (Å²) in [4.78, 5) is 17.6. The quantitative estimate of drug-likeness (QED) is 0.385. The molecule has 0 saturated heterocycles. The maximum absolute atomic E-state index is 12.6. The molecule has 6 nitrogen and oxygen atoms in total. The number of guanidine groups is 1. The number of alkyl halides is 2. The molecule has 146 valence electrons. The number of benzene rings is 1. The number of hydrogen-bond acceptors (Lipinski definition) is 4. The predicted molar refractivity (Wildman–Crippen MR) is 102 cm³/mol. The molecule has 0 radical (unpaired) electrons. The average molecular weight is 388 g/mol. The highest BCUT2D eigenvalue weighted by Crippen LogP contribution is 2.22. The number of rotatable bonds is 9. The molecular weight excluding hydrogens is 362 g/mol. The highest BCUT2D eigenvalue weighted by Gasteiger charge is 2.11. The zero-order chi connectivity index (χ0) is 19.5. The summed E-state index contributed by atoms with van der Waals surface area (Å²) < 4.78 is 29.7. The van der Waals surface area contributed by atoms with Crippen LogP contribution in [0.25, 0.3) is 0 Å². The largest absolute Gasteiger partial charge is 0.434 e. The molecular formula is C17H26F2N4O2S. The predicted octanol–water partition coefficient (Wildman–Crippen LogP) is 2.08. The minimum absolute atomic E-state index is 0.0896. The van der Waals surface area contributed by atoms with Crippen molar-refractivity contribution in [2.24, 2.45) is 4.99 Å². The summed E-state index contributed by atoms with van der Waals surface area (Å²) in [6.07, 6.45) is 1.99. The Bertz CT molecular complexity index is 612. The molecule has 0 aliphatic heterocycles. The Balaban J connectivity index is 2.87. The molecule has 0 fully saturated rings. The van der Waals surface area contributed by atoms with Crippen molar-refractivity contribution >= 4 is 23.6 Å². The molecule has 0 atom stereocenters. The molecule has 1 rings (SSSR count). The lowest BCUT2D eigenvalue weighted by molar-refractivity contribution is -0.127. The van der Waals surface area contributed by atoms with Crippen LogP contribution in [0.5, 0.6) is 5.75 Å². The van der Waals surface area contributed by atoms with Crippen LogP contribution in [-0.4, -0.2) is 62.6 Å². The van der Waals surface area contributed by atoms with Gasteiger partial charge in [0.1, 0.15) is 5.75 Å². The molecule has 0 aromatic heterocycles. The van der Waals surface area contributed by atoms with Gasteiger partial charge < -0.3 is 20.3 Å². The summed E-state index contributed by atoms with van der Waals surface area (Å²) in [5.74, 6) is 1.31. The molecule has 0 unspecified atom stereocenters. The Hall–Kier alpha value is -2.03. The zero-order valence-electron chi connectivity index (χ0n) is 15.5. The van der Waals surface area contributed by atoms with Crippen molar-refractivity contribution in [2.75, 3.05) is 39.2 Å². The van der Waals surface area contributed by atoms with Gasteiger partial charge in [-0.25, -0.2) is 4.99 Å². The van der Waals surface area contributed by atoms with Crippen molar-refractivity contribution in [3.63, 3.8) is 0 Å². The maximum atomic E-state index is 12.6. The van der Waals surface area contributed by atoms with E-state index < -0.39 is 6.61 Å². The van der Waals surface area contributed by atoms with Gasteiger partial charge in [-0.2, -0.15) is 20.5 Å². The first-order valence-electron chi connectivity index (χ1n) is 8.09. The van der Waals surface area contributed by atoms with Crippen molar-refractivity contribution in [1.29, 1.82) is 0 Å². The normalized spacial score (nSPS) is 11.4. The molecule has 0 saturated carbocycles. The molecule has 1 aromatic carbocycles. The number of carbonyl (C=O) groups excluding carboxylic acids is 1. The molecule has 9 heteroatoms. The van der Waals surface area contributed by atoms with Crippen molar-refractivity contribution < 1.29 is 18.3 Å². The first kappa shape index (κ1) is 22.0. The van der Waals surface area contributed by atoms with Crippen molar-refractivity contribution in [1.82, 2.24) is 15.5 Å². The first-order valence-corrected chi connectivity index (χ1v) is 9.48. The average Bonchev–Trinajstić information content (AvgIpc) is 2.58. The van der Waals surface area contributed by atoms with E-state index in [0.29, 0.717) is 18.1 Å². The number of hydrogen-bond donors (Lipinski definition) is 2. The Morgan fingerprint density at radius 1 is 1.35 bits per heavy atom. The van der Waals surface area contributed by atoms with E-state index in [-0.39, 0.29) is 24.7 Å². The van der Waals surface area contributed by atoms with E-state index in [1.54, 1.807) is 38.0 Å². The Kier molecular flexibility index (Phi) is 9.79. The number of nitrogens with one attached hydrogen (secondary N) is 2. The van der Waals surface area contributed by atoms with Gasteiger partial charge in [0.15, 0.2) is 5.96 Å². The van der Waals surface area contributed by atoms with Gasteiger partial charge in [0.25, 0.3) is 0 Å². The smallest absolute Gasteiger partial charge is 0.387 e. The number of halogens is 2. The van der Waals surface area contributed by atoms with Crippen LogP contribution in [0.3, 0.4) is 0 Å². The van der Waals surface area contributed by atoms with Gasteiger partial charge in [-0.1, -0.05) is 17.7 Å². The van der Waals surface area contributed by atoms with Crippen LogP contribution in [0.15, 0.2) is 23.2 Å². The third-order valence-electron chi connectivity index (χ3n) is 3.34. The van der Waals surface area contributed by atoms with Crippen LogP contribution in [-0.2, 0) is 11.3 Å². The monoisotopic (exact) mass is 388 g/mol. The van der Waals surface area contributed by atoms with Gasteiger partial charge in [-0.05, 0) is 19.2 Å². The van der Waals surface area contributed by atoms with Crippen LogP contribution in [0.2, 0.25) is 0 Å². The number of carbonyl (C=O) groups is 1. The minimum atomic E-state index is -2.89. The number of aryl methyl sites for hydroxylation is 1. The second-order valence-electron chi connectivity index (χ2n) is 5.72. The molecule has 0 aliphatic carbocycles. The summed E-state index contributed by atoms with van der Waals surface area (Å²) >= 11 is 1.67. The lowest BCUT2D eigenvalue weighted by atomic mass is 10.1. The maximum Gasteiger partial charge on any atom is 0.387 e. The lowest BCUT2D eigenvalue weighted by Crippen LogP contribution is -2.43. The number of nitrogens with zero attached hydrogens (tertiary/aromatic N) is 2. The van der Waals surface area contributed by atoms with Crippen LogP contribution >= 0.6 is 11.8 Å². The fourth-order valence-corrected chi connectivity index (χ4v) is 2.28. The van der Waals surface area contributed by atoms with E-state index in [1.807, 2.05) is 13.2 Å². The SMILES string of the molecule is CSCCNC(=NCc1cc(C)ccc1OC(F)F)NCC(=O)N(C)C. The molecule has 0 aliphatic rings. The summed E-state index contributed by atoms with van der Waals surface area (Å²) in [5.41, 5.74) is 1.47. The Morgan fingerprint density at radius 2 is 2.08 bits per heavy atom. The number of amides is 1. The van der Waals surface area contributed by atoms with Crippen LogP contribution in [0.1, 0.15) is 11.1 Å². The molecule has 1 amide bonds. The summed E-state index contributed by atoms with van der Waals surface area (Å²) in [5, 5.41) is 6.07. The molecule has 0 bridgehead atoms. The highest BCUT2D eigenvalue weighted by molar-refractivity contribution is 7.98. The number of ether oxygens (including phenoxy) is 1. The van der Waals surface area contributed by atoms with E-state index in [4.69, 9.17) is 0 Å². The van der Waals surface area contributed by atoms with Gasteiger partial charge in [-0.3, -0.25) is 4.79 Å². The zero-order valence-corrected chi connectivity index (χ0v) is 16.3. The third kappa shape index (κ3) is 8.37. The molecule has 1 aromatic rings. The standard InChI is InChI=1S/C17H26F2N4O2S/c1-12-5-6-14(25-16(18)19)13(9-12)10-21-17(20-7-8-26-4)22-11-15(24)23(2)3/h5-6,9,16H,7-8,10-11H2,1-4H3,(H2,20,21,22). The van der Waals surface area contributed by atoms with Gasteiger partial charge >= 0.3 is 6.61 Å². The summed E-state index contributed by atoms with van der Waals surface area (Å²) in [6.45, 7) is -0.126. The summed E-state index contributed by atoms with van der Waals surface area (Å²) in [6, 6.07) is 4.97. The van der Waals surface area contributed by atoms with E-state index in [2.05, 4.69) is 20.4 Å². The van der Waals surface area contributed by atoms with E-state index in [1.165, 1.54) is 11.0 Å². The van der Waals surface area contributed by atoms with Gasteiger partial charge in [0.05, 0.1) is 13.1 Å². The second kappa shape index (κ2) is 11.6. The topological polar surface area (TPSA) is 66.0 Å². The highest BCUT2D eigenvalue weighted by atomic mass is 32.2. The van der Waals surface area contributed by atoms with Crippen LogP contribution in [0, 0.1) is 6.92 Å². The van der Waals surface area contributed by atoms with E-state index >= 15 is 0 Å². The first-order chi connectivity index (χ1) is 12.3. The fourth-order valence-electron chi connectivity index (χ4n) is 1.97. The van der Waals surface area contributed by atoms with Gasteiger partial charge in [-0.15, -0.1) is 0 Å². The Labute approximate surface area is 157 Å². The number of thioether (sulfide) groups is 1. The lowest BCUT2D eigenvalue weighted by Gasteiger charge is -2.15. The van der Waals surface area contributed by atoms with Crippen LogP contribution < -0.4 is 15.4 Å². The van der Waals surface area contributed by atoms with Gasteiger partial charge in [0.2, 0.25) is 5.91 Å². The second-order valence-corrected chi connectivity index (χ2v) is 6.70. The fraction of sp³-hybridized carbons (Fsp3) is 0.529. The molecule has 2 N–H and O–H groups in total. The Morgan fingerprint density at radius 3 is 2.69 bits per heavy atom. The minimum Gasteiger partial charge on any atom is -0.434 e. The summed E-state index contributed by atoms with van der Waals surface area (Å²) in [7, 11) is 3.34. The van der Waals surface area contributed by atoms with E-state index in [9.17, 15) is 13.6 Å². The van der Waals surface area contributed by atoms with Crippen molar-refractivity contribution in [2.45, 2.75) is 20.1 Å². The third-order valence-corrected chi connectivity index (χ3v) is 3.96. The number of aliphatic imine (C=N–C) groups is 1. The van der Waals surface area contributed by atoms with Gasteiger partial charge in [0, 0.05) is 32.0 Å². The van der Waals surface area contributed by atoms with Crippen molar-refractivity contribution in [3.05, 3.63) is 29.3 Å². The van der Waals surface area contributed by atoms with E-state index in [0.717, 1.165) is 11.3 Å².